The number of methoxy groups -OCH3 is 1. The lowest BCUT2D eigenvalue weighted by molar-refractivity contribution is 0.414. The molecule has 0 unspecified atom stereocenters. The van der Waals surface area contributed by atoms with Crippen LogP contribution >= 0.6 is 27.7 Å². The molecule has 0 aliphatic carbocycles. The first-order valence-electron chi connectivity index (χ1n) is 9.30. The van der Waals surface area contributed by atoms with Crippen LogP contribution in [0.5, 0.6) is 5.75 Å². The third-order valence-electron chi connectivity index (χ3n) is 4.48. The standard InChI is InChI=1S/C21H18BrN5O3S/c1-30-17-8-6-16(7-9-17)27-18(10-15-11-19(28)24-20(29)23-15)25-26-21(27)31-12-13-2-4-14(22)5-3-13/h2-9,11H,10,12H2,1H3,(H2,23,24,28,29). The van der Waals surface area contributed by atoms with E-state index in [-0.39, 0.29) is 6.42 Å². The smallest absolute Gasteiger partial charge is 0.325 e. The van der Waals surface area contributed by atoms with Gasteiger partial charge in [-0.25, -0.2) is 4.79 Å². The molecule has 4 rings (SSSR count). The van der Waals surface area contributed by atoms with Crippen LogP contribution in [0.4, 0.5) is 0 Å². The van der Waals surface area contributed by atoms with Crippen molar-refractivity contribution in [3.05, 3.63) is 97.0 Å². The minimum Gasteiger partial charge on any atom is -0.497 e. The Hall–Kier alpha value is -3.11. The van der Waals surface area contributed by atoms with Gasteiger partial charge in [-0.2, -0.15) is 0 Å². The fourth-order valence-corrected chi connectivity index (χ4v) is 4.20. The summed E-state index contributed by atoms with van der Waals surface area (Å²) in [6, 6.07) is 17.0. The molecule has 0 spiro atoms. The average molecular weight is 500 g/mol. The number of halogens is 1. The highest BCUT2D eigenvalue weighted by molar-refractivity contribution is 9.10. The molecule has 0 atom stereocenters. The summed E-state index contributed by atoms with van der Waals surface area (Å²) in [6.45, 7) is 0. The Morgan fingerprint density at radius 1 is 1.03 bits per heavy atom. The number of hydrogen-bond acceptors (Lipinski definition) is 6. The van der Waals surface area contributed by atoms with E-state index in [1.807, 2.05) is 53.1 Å². The van der Waals surface area contributed by atoms with E-state index >= 15 is 0 Å². The van der Waals surface area contributed by atoms with Crippen molar-refractivity contribution in [1.82, 2.24) is 24.7 Å². The first-order chi connectivity index (χ1) is 15.0. The van der Waals surface area contributed by atoms with Crippen LogP contribution in [0.15, 0.2) is 73.8 Å². The molecule has 2 N–H and O–H groups in total. The van der Waals surface area contributed by atoms with Gasteiger partial charge in [-0.3, -0.25) is 14.3 Å². The van der Waals surface area contributed by atoms with Crippen LogP contribution in [0.2, 0.25) is 0 Å². The molecule has 10 heteroatoms. The van der Waals surface area contributed by atoms with E-state index in [0.29, 0.717) is 22.4 Å². The molecule has 0 saturated heterocycles. The lowest BCUT2D eigenvalue weighted by Gasteiger charge is -2.11. The SMILES string of the molecule is COc1ccc(-n2c(Cc3cc(=O)[nH]c(=O)[nH]3)nnc2SCc2ccc(Br)cc2)cc1. The summed E-state index contributed by atoms with van der Waals surface area (Å²) in [4.78, 5) is 28.1. The molecule has 0 aliphatic heterocycles. The maximum atomic E-state index is 11.7. The summed E-state index contributed by atoms with van der Waals surface area (Å²) in [5.74, 6) is 2.05. The van der Waals surface area contributed by atoms with E-state index in [1.54, 1.807) is 18.9 Å². The Balaban J connectivity index is 1.69. The Bertz CT molecular complexity index is 1270. The van der Waals surface area contributed by atoms with E-state index < -0.39 is 11.2 Å². The highest BCUT2D eigenvalue weighted by atomic mass is 79.9. The molecule has 8 nitrogen and oxygen atoms in total. The second-order valence-electron chi connectivity index (χ2n) is 6.64. The third kappa shape index (κ3) is 5.15. The van der Waals surface area contributed by atoms with Crippen molar-refractivity contribution in [3.8, 4) is 11.4 Å². The minimum absolute atomic E-state index is 0.247. The van der Waals surface area contributed by atoms with Gasteiger partial charge in [-0.15, -0.1) is 10.2 Å². The van der Waals surface area contributed by atoms with Crippen molar-refractivity contribution in [3.63, 3.8) is 0 Å². The van der Waals surface area contributed by atoms with Crippen LogP contribution in [0.25, 0.3) is 5.69 Å². The number of nitrogens with zero attached hydrogens (tertiary/aromatic N) is 3. The fraction of sp³-hybridized carbons (Fsp3) is 0.143. The molecular weight excluding hydrogens is 482 g/mol. The zero-order valence-corrected chi connectivity index (χ0v) is 18.9. The number of rotatable bonds is 7. The molecular formula is C21H18BrN5O3S. The van der Waals surface area contributed by atoms with Crippen LogP contribution in [-0.4, -0.2) is 31.8 Å². The van der Waals surface area contributed by atoms with Gasteiger partial charge in [0.1, 0.15) is 11.6 Å². The van der Waals surface area contributed by atoms with Gasteiger partial charge in [-0.1, -0.05) is 39.8 Å². The molecule has 31 heavy (non-hydrogen) atoms. The third-order valence-corrected chi connectivity index (χ3v) is 6.01. The normalized spacial score (nSPS) is 10.9. The molecule has 0 saturated carbocycles. The van der Waals surface area contributed by atoms with E-state index in [9.17, 15) is 9.59 Å². The molecule has 158 valence electrons. The van der Waals surface area contributed by atoms with Gasteiger partial charge in [-0.05, 0) is 42.0 Å². The van der Waals surface area contributed by atoms with Crippen molar-refractivity contribution >= 4 is 27.7 Å². The molecule has 2 aromatic heterocycles. The topological polar surface area (TPSA) is 106 Å². The summed E-state index contributed by atoms with van der Waals surface area (Å²) in [5.41, 5.74) is 1.45. The lowest BCUT2D eigenvalue weighted by Crippen LogP contribution is -2.23. The molecule has 2 heterocycles. The number of aromatic amines is 2. The van der Waals surface area contributed by atoms with E-state index in [0.717, 1.165) is 21.5 Å². The lowest BCUT2D eigenvalue weighted by atomic mass is 10.2. The zero-order valence-electron chi connectivity index (χ0n) is 16.5. The van der Waals surface area contributed by atoms with Gasteiger partial charge < -0.3 is 9.72 Å². The molecule has 0 fully saturated rings. The van der Waals surface area contributed by atoms with Gasteiger partial charge >= 0.3 is 5.69 Å². The van der Waals surface area contributed by atoms with Crippen molar-refractivity contribution < 1.29 is 4.74 Å². The highest BCUT2D eigenvalue weighted by Crippen LogP contribution is 2.27. The quantitative estimate of drug-likeness (QED) is 0.378. The molecule has 0 aliphatic rings. The Morgan fingerprint density at radius 2 is 1.77 bits per heavy atom. The van der Waals surface area contributed by atoms with Gasteiger partial charge in [0.05, 0.1) is 7.11 Å². The summed E-state index contributed by atoms with van der Waals surface area (Å²) < 4.78 is 8.20. The molecule has 0 amide bonds. The number of ether oxygens (including phenoxy) is 1. The van der Waals surface area contributed by atoms with Gasteiger partial charge in [0.25, 0.3) is 5.56 Å². The summed E-state index contributed by atoms with van der Waals surface area (Å²) in [5, 5.41) is 9.41. The summed E-state index contributed by atoms with van der Waals surface area (Å²) in [6.07, 6.45) is 0.247. The van der Waals surface area contributed by atoms with Crippen LogP contribution in [0, 0.1) is 0 Å². The van der Waals surface area contributed by atoms with E-state index in [1.165, 1.54) is 6.07 Å². The Labute approximate surface area is 189 Å². The number of aromatic nitrogens is 5. The monoisotopic (exact) mass is 499 g/mol. The largest absolute Gasteiger partial charge is 0.497 e. The number of H-pyrrole nitrogens is 2. The minimum atomic E-state index is -0.553. The van der Waals surface area contributed by atoms with Crippen LogP contribution < -0.4 is 16.0 Å². The van der Waals surface area contributed by atoms with Crippen molar-refractivity contribution in [1.29, 1.82) is 0 Å². The van der Waals surface area contributed by atoms with Gasteiger partial charge in [0.15, 0.2) is 5.16 Å². The first kappa shape index (κ1) is 21.1. The van der Waals surface area contributed by atoms with E-state index in [2.05, 4.69) is 36.1 Å². The number of hydrogen-bond donors (Lipinski definition) is 2. The van der Waals surface area contributed by atoms with Crippen LogP contribution in [-0.2, 0) is 12.2 Å². The van der Waals surface area contributed by atoms with Crippen molar-refractivity contribution in [2.45, 2.75) is 17.3 Å². The highest BCUT2D eigenvalue weighted by Gasteiger charge is 2.16. The van der Waals surface area contributed by atoms with Crippen LogP contribution in [0.1, 0.15) is 17.1 Å². The van der Waals surface area contributed by atoms with Gasteiger partial charge in [0.2, 0.25) is 0 Å². The maximum Gasteiger partial charge on any atom is 0.325 e. The number of benzene rings is 2. The Morgan fingerprint density at radius 3 is 2.45 bits per heavy atom. The van der Waals surface area contributed by atoms with E-state index in [4.69, 9.17) is 4.74 Å². The van der Waals surface area contributed by atoms with Crippen LogP contribution in [0.3, 0.4) is 0 Å². The predicted molar refractivity (Wildman–Crippen MR) is 122 cm³/mol. The zero-order chi connectivity index (χ0) is 21.8. The number of thioether (sulfide) groups is 1. The molecule has 0 bridgehead atoms. The van der Waals surface area contributed by atoms with Gasteiger partial charge in [0, 0.05) is 34.1 Å². The molecule has 0 radical (unpaired) electrons. The first-order valence-corrected chi connectivity index (χ1v) is 11.1. The maximum absolute atomic E-state index is 11.7. The summed E-state index contributed by atoms with van der Waals surface area (Å²) >= 11 is 5.00. The second kappa shape index (κ2) is 9.36. The number of nitrogens with one attached hydrogen (secondary N) is 2. The molecule has 4 aromatic rings. The Kier molecular flexibility index (Phi) is 6.38. The van der Waals surface area contributed by atoms with Crippen molar-refractivity contribution in [2.75, 3.05) is 7.11 Å². The predicted octanol–water partition coefficient (Wildman–Crippen LogP) is 3.30. The average Bonchev–Trinajstić information content (AvgIpc) is 3.15. The van der Waals surface area contributed by atoms with Crippen molar-refractivity contribution in [2.24, 2.45) is 0 Å². The fourth-order valence-electron chi connectivity index (χ4n) is 3.01. The second-order valence-corrected chi connectivity index (χ2v) is 8.50. The molecule has 2 aromatic carbocycles. The summed E-state index contributed by atoms with van der Waals surface area (Å²) in [7, 11) is 1.61.